The molecule has 0 unspecified atom stereocenters. The molecule has 0 spiro atoms. The highest BCUT2D eigenvalue weighted by atomic mass is 32.2. The Morgan fingerprint density at radius 3 is 2.91 bits per heavy atom. The SMILES string of the molecule is O=C1NC(=O)C2=C1OCCS2. The lowest BCUT2D eigenvalue weighted by Gasteiger charge is -2.10. The molecule has 0 bridgehead atoms. The third-order valence-corrected chi connectivity index (χ3v) is 2.45. The lowest BCUT2D eigenvalue weighted by molar-refractivity contribution is -0.125. The Hall–Kier alpha value is -0.970. The summed E-state index contributed by atoms with van der Waals surface area (Å²) < 4.78 is 5.01. The van der Waals surface area contributed by atoms with Crippen molar-refractivity contribution in [3.63, 3.8) is 0 Å². The lowest BCUT2D eigenvalue weighted by Crippen LogP contribution is -2.22. The molecule has 2 heterocycles. The number of hydrogen-bond acceptors (Lipinski definition) is 4. The van der Waals surface area contributed by atoms with Crippen molar-refractivity contribution in [1.29, 1.82) is 0 Å². The van der Waals surface area contributed by atoms with Gasteiger partial charge in [0.15, 0.2) is 0 Å². The first kappa shape index (κ1) is 6.72. The minimum Gasteiger partial charge on any atom is -0.486 e. The van der Waals surface area contributed by atoms with E-state index in [2.05, 4.69) is 5.32 Å². The van der Waals surface area contributed by atoms with E-state index >= 15 is 0 Å². The van der Waals surface area contributed by atoms with Crippen LogP contribution in [0.15, 0.2) is 10.7 Å². The van der Waals surface area contributed by atoms with Gasteiger partial charge in [-0.05, 0) is 0 Å². The second-order valence-electron chi connectivity index (χ2n) is 2.14. The number of hydrogen-bond donors (Lipinski definition) is 1. The summed E-state index contributed by atoms with van der Waals surface area (Å²) in [5, 5.41) is 2.16. The number of imide groups is 1. The molecule has 0 saturated carbocycles. The fraction of sp³-hybridized carbons (Fsp3) is 0.333. The highest BCUT2D eigenvalue weighted by molar-refractivity contribution is 8.04. The molecular weight excluding hydrogens is 166 g/mol. The monoisotopic (exact) mass is 171 g/mol. The normalized spacial score (nSPS) is 22.9. The minimum atomic E-state index is -0.405. The van der Waals surface area contributed by atoms with E-state index in [0.717, 1.165) is 5.75 Å². The van der Waals surface area contributed by atoms with Crippen LogP contribution < -0.4 is 5.32 Å². The highest BCUT2D eigenvalue weighted by Gasteiger charge is 2.34. The van der Waals surface area contributed by atoms with Crippen LogP contribution in [-0.2, 0) is 14.3 Å². The molecule has 0 saturated heterocycles. The number of thioether (sulfide) groups is 1. The van der Waals surface area contributed by atoms with Crippen LogP contribution in [0.3, 0.4) is 0 Å². The molecule has 0 aromatic carbocycles. The van der Waals surface area contributed by atoms with Gasteiger partial charge in [-0.2, -0.15) is 0 Å². The number of ether oxygens (including phenoxy) is 1. The molecule has 0 atom stereocenters. The maximum absolute atomic E-state index is 10.9. The van der Waals surface area contributed by atoms with Gasteiger partial charge in [-0.15, -0.1) is 11.8 Å². The van der Waals surface area contributed by atoms with Gasteiger partial charge in [0.25, 0.3) is 11.8 Å². The molecule has 11 heavy (non-hydrogen) atoms. The summed E-state index contributed by atoms with van der Waals surface area (Å²) in [5.41, 5.74) is 0. The Morgan fingerprint density at radius 1 is 1.36 bits per heavy atom. The number of carbonyl (C=O) groups is 2. The van der Waals surface area contributed by atoms with Crippen molar-refractivity contribution in [2.45, 2.75) is 0 Å². The van der Waals surface area contributed by atoms with Crippen LogP contribution in [0.2, 0.25) is 0 Å². The van der Waals surface area contributed by atoms with Crippen molar-refractivity contribution in [3.05, 3.63) is 10.7 Å². The topological polar surface area (TPSA) is 55.4 Å². The zero-order valence-corrected chi connectivity index (χ0v) is 6.36. The zero-order chi connectivity index (χ0) is 7.84. The van der Waals surface area contributed by atoms with Crippen LogP contribution in [0.1, 0.15) is 0 Å². The van der Waals surface area contributed by atoms with Gasteiger partial charge in [0, 0.05) is 5.75 Å². The second kappa shape index (κ2) is 2.27. The molecule has 2 amide bonds. The van der Waals surface area contributed by atoms with E-state index in [0.29, 0.717) is 11.5 Å². The van der Waals surface area contributed by atoms with Crippen LogP contribution >= 0.6 is 11.8 Å². The third kappa shape index (κ3) is 0.920. The Morgan fingerprint density at radius 2 is 2.18 bits per heavy atom. The first-order valence-corrected chi connectivity index (χ1v) is 4.13. The van der Waals surface area contributed by atoms with Crippen molar-refractivity contribution in [1.82, 2.24) is 5.32 Å². The summed E-state index contributed by atoms with van der Waals surface area (Å²) in [6.45, 7) is 0.504. The van der Waals surface area contributed by atoms with E-state index in [1.165, 1.54) is 11.8 Å². The van der Waals surface area contributed by atoms with Gasteiger partial charge in [-0.25, -0.2) is 0 Å². The van der Waals surface area contributed by atoms with E-state index in [1.54, 1.807) is 0 Å². The molecule has 4 nitrogen and oxygen atoms in total. The van der Waals surface area contributed by atoms with Gasteiger partial charge in [0.2, 0.25) is 5.76 Å². The fourth-order valence-electron chi connectivity index (χ4n) is 0.973. The number of amides is 2. The van der Waals surface area contributed by atoms with Gasteiger partial charge in [-0.3, -0.25) is 14.9 Å². The molecule has 0 aromatic heterocycles. The summed E-state index contributed by atoms with van der Waals surface area (Å²) in [4.78, 5) is 22.3. The molecular formula is C6H5NO3S. The Kier molecular flexibility index (Phi) is 1.38. The standard InChI is InChI=1S/C6H5NO3S/c8-5-3-4(6(9)7-5)11-2-1-10-3/h1-2H2,(H,7,8,9). The van der Waals surface area contributed by atoms with Crippen molar-refractivity contribution < 1.29 is 14.3 Å². The van der Waals surface area contributed by atoms with E-state index in [1.807, 2.05) is 0 Å². The Balaban J connectivity index is 2.40. The van der Waals surface area contributed by atoms with Crippen LogP contribution in [0, 0.1) is 0 Å². The second-order valence-corrected chi connectivity index (χ2v) is 3.24. The molecule has 58 valence electrons. The first-order valence-electron chi connectivity index (χ1n) is 3.14. The summed E-state index contributed by atoms with van der Waals surface area (Å²) in [6, 6.07) is 0. The van der Waals surface area contributed by atoms with Gasteiger partial charge < -0.3 is 4.74 Å². The van der Waals surface area contributed by atoms with Gasteiger partial charge >= 0.3 is 0 Å². The summed E-state index contributed by atoms with van der Waals surface area (Å²) >= 11 is 1.37. The predicted octanol–water partition coefficient (Wildman–Crippen LogP) is -0.382. The quantitative estimate of drug-likeness (QED) is 0.505. The third-order valence-electron chi connectivity index (χ3n) is 1.42. The van der Waals surface area contributed by atoms with Crippen LogP contribution in [0.25, 0.3) is 0 Å². The first-order chi connectivity index (χ1) is 5.29. The molecule has 0 aliphatic carbocycles. The molecule has 0 fully saturated rings. The van der Waals surface area contributed by atoms with E-state index in [4.69, 9.17) is 4.74 Å². The number of nitrogens with one attached hydrogen (secondary N) is 1. The highest BCUT2D eigenvalue weighted by Crippen LogP contribution is 2.28. The van der Waals surface area contributed by atoms with Gasteiger partial charge in [0.05, 0.1) is 6.61 Å². The van der Waals surface area contributed by atoms with Gasteiger partial charge in [0.1, 0.15) is 4.91 Å². The van der Waals surface area contributed by atoms with Gasteiger partial charge in [-0.1, -0.05) is 0 Å². The number of rotatable bonds is 0. The lowest BCUT2D eigenvalue weighted by atomic mass is 10.5. The molecule has 0 aromatic rings. The molecule has 1 N–H and O–H groups in total. The van der Waals surface area contributed by atoms with Crippen molar-refractivity contribution in [2.24, 2.45) is 0 Å². The smallest absolute Gasteiger partial charge is 0.294 e. The summed E-state index contributed by atoms with van der Waals surface area (Å²) in [5.74, 6) is 0.206. The van der Waals surface area contributed by atoms with E-state index in [-0.39, 0.29) is 11.7 Å². The molecule has 0 radical (unpaired) electrons. The average Bonchev–Trinajstić information content (AvgIpc) is 2.30. The summed E-state index contributed by atoms with van der Waals surface area (Å²) in [7, 11) is 0. The van der Waals surface area contributed by atoms with E-state index < -0.39 is 5.91 Å². The Bertz CT molecular complexity index is 245. The van der Waals surface area contributed by atoms with Crippen LogP contribution in [0.4, 0.5) is 0 Å². The maximum atomic E-state index is 10.9. The Labute approximate surface area is 67.0 Å². The molecule has 5 heteroatoms. The summed E-state index contributed by atoms with van der Waals surface area (Å²) in [6.07, 6.45) is 0. The predicted molar refractivity (Wildman–Crippen MR) is 38.6 cm³/mol. The van der Waals surface area contributed by atoms with Crippen molar-refractivity contribution in [2.75, 3.05) is 12.4 Å². The maximum Gasteiger partial charge on any atom is 0.294 e. The largest absolute Gasteiger partial charge is 0.486 e. The van der Waals surface area contributed by atoms with E-state index in [9.17, 15) is 9.59 Å². The average molecular weight is 171 g/mol. The van der Waals surface area contributed by atoms with Crippen LogP contribution in [-0.4, -0.2) is 24.2 Å². The van der Waals surface area contributed by atoms with Crippen molar-refractivity contribution >= 4 is 23.6 Å². The number of carbonyl (C=O) groups excluding carboxylic acids is 2. The molecule has 2 rings (SSSR count). The van der Waals surface area contributed by atoms with Crippen LogP contribution in [0.5, 0.6) is 0 Å². The minimum absolute atomic E-state index is 0.200. The zero-order valence-electron chi connectivity index (χ0n) is 5.55. The van der Waals surface area contributed by atoms with Crippen molar-refractivity contribution in [3.8, 4) is 0 Å². The molecule has 2 aliphatic rings. The molecule has 2 aliphatic heterocycles. The fourth-order valence-corrected chi connectivity index (χ4v) is 1.81.